The normalized spacial score (nSPS) is 15.8. The van der Waals surface area contributed by atoms with E-state index in [0.29, 0.717) is 0 Å². The Morgan fingerprint density at radius 1 is 0.514 bits per heavy atom. The van der Waals surface area contributed by atoms with Crippen molar-refractivity contribution in [3.8, 4) is 0 Å². The summed E-state index contributed by atoms with van der Waals surface area (Å²) in [6, 6.07) is 47.1. The third kappa shape index (κ3) is 3.52. The molecule has 0 radical (unpaired) electrons. The molecule has 0 saturated heterocycles. The van der Waals surface area contributed by atoms with Gasteiger partial charge in [-0.2, -0.15) is 0 Å². The lowest BCUT2D eigenvalue weighted by molar-refractivity contribution is 0.0566. The first-order valence-electron chi connectivity index (χ1n) is 13.2. The quantitative estimate of drug-likeness (QED) is 0.185. The molecular weight excluding hydrogens is 447 g/mol. The van der Waals surface area contributed by atoms with Gasteiger partial charge in [-0.15, -0.1) is 22.5 Å². The van der Waals surface area contributed by atoms with Crippen molar-refractivity contribution in [3.63, 3.8) is 0 Å². The first-order valence-corrected chi connectivity index (χ1v) is 13.2. The maximum Gasteiger partial charge on any atom is 0.377 e. The van der Waals surface area contributed by atoms with E-state index in [-0.39, 0.29) is 0 Å². The van der Waals surface area contributed by atoms with Crippen molar-refractivity contribution in [2.24, 2.45) is 0 Å². The van der Waals surface area contributed by atoms with Crippen molar-refractivity contribution in [2.75, 3.05) is 13.7 Å². The highest BCUT2D eigenvalue weighted by Crippen LogP contribution is 2.37. The van der Waals surface area contributed by atoms with Gasteiger partial charge in [-0.1, -0.05) is 127 Å². The van der Waals surface area contributed by atoms with E-state index in [1.807, 2.05) is 0 Å². The maximum absolute atomic E-state index is 3.68. The Morgan fingerprint density at radius 3 is 1.51 bits per heavy atom. The van der Waals surface area contributed by atoms with E-state index < -0.39 is 6.35 Å². The Bertz CT molecular complexity index is 1740. The van der Waals surface area contributed by atoms with Crippen LogP contribution in [-0.4, -0.2) is 20.1 Å². The molecule has 1 aliphatic rings. The number of hydrogen-bond donors (Lipinski definition) is 0. The predicted octanol–water partition coefficient (Wildman–Crippen LogP) is 7.41. The molecule has 0 aromatic heterocycles. The molecule has 0 N–H and O–H groups in total. The Kier molecular flexibility index (Phi) is 5.23. The largest absolute Gasteiger partial charge is 0.662 e. The Labute approximate surface area is 218 Å². The molecule has 178 valence electrons. The van der Waals surface area contributed by atoms with Crippen LogP contribution < -0.4 is 10.9 Å². The van der Waals surface area contributed by atoms with E-state index in [1.54, 1.807) is 0 Å². The van der Waals surface area contributed by atoms with Crippen LogP contribution in [0.5, 0.6) is 0 Å². The lowest BCUT2D eigenvalue weighted by Gasteiger charge is -2.50. The molecule has 0 fully saturated rings. The standard InChI is InChI=1S/C35H29BO/c1-37-22-8-15-35(32-17-16-26-9-2-5-12-29(26)23-32)36(37,33-20-18-27-10-3-6-13-30(27)24-33)34-21-19-28-11-4-7-14-31(28)25-34/h2-7,9-21,23-25H,8,22H2,1H3. The zero-order valence-corrected chi connectivity index (χ0v) is 21.1. The number of hydrogen-bond acceptors (Lipinski definition) is 0. The van der Waals surface area contributed by atoms with Crippen LogP contribution in [0.4, 0.5) is 0 Å². The smallest absolute Gasteiger partial charge is 0.377 e. The highest BCUT2D eigenvalue weighted by atomic mass is 16.6. The molecule has 1 nitrogen and oxygen atoms in total. The van der Waals surface area contributed by atoms with Crippen LogP contribution in [0, 0.1) is 0 Å². The van der Waals surface area contributed by atoms with Gasteiger partial charge in [0.1, 0.15) is 6.61 Å². The SMILES string of the molecule is C[O+]1CCC=C(c2ccc3ccccc3c2)[B-]1(c1ccc2ccccc2c1)c1ccc2ccccc2c1. The highest BCUT2D eigenvalue weighted by molar-refractivity contribution is 7.11. The molecule has 2 heteroatoms. The van der Waals surface area contributed by atoms with E-state index in [4.69, 9.17) is 0 Å². The fourth-order valence-corrected chi connectivity index (χ4v) is 6.62. The average Bonchev–Trinajstić information content (AvgIpc) is 2.96. The minimum Gasteiger partial charge on any atom is -0.662 e. The summed E-state index contributed by atoms with van der Waals surface area (Å²) in [6.45, 7) is 0.941. The lowest BCUT2D eigenvalue weighted by atomic mass is 9.25. The van der Waals surface area contributed by atoms with Crippen LogP contribution in [-0.2, 0) is 4.28 Å². The lowest BCUT2D eigenvalue weighted by Crippen LogP contribution is -2.67. The predicted molar refractivity (Wildman–Crippen MR) is 161 cm³/mol. The molecule has 6 aromatic carbocycles. The zero-order chi connectivity index (χ0) is 24.8. The minimum atomic E-state index is -1.45. The molecule has 0 bridgehead atoms. The molecule has 6 aromatic rings. The van der Waals surface area contributed by atoms with Gasteiger partial charge in [0.05, 0.1) is 7.11 Å². The molecule has 0 aliphatic carbocycles. The van der Waals surface area contributed by atoms with Gasteiger partial charge < -0.3 is 4.28 Å². The minimum absolute atomic E-state index is 0.941. The number of fused-ring (bicyclic) bond motifs is 3. The van der Waals surface area contributed by atoms with Crippen molar-refractivity contribution in [1.82, 2.24) is 0 Å². The molecule has 0 amide bonds. The van der Waals surface area contributed by atoms with Gasteiger partial charge >= 0.3 is 6.35 Å². The second-order valence-corrected chi connectivity index (χ2v) is 10.4. The summed E-state index contributed by atoms with van der Waals surface area (Å²) in [7, 11) is 2.23. The Hall–Kier alpha value is -4.14. The molecular formula is C35H29BO. The average molecular weight is 476 g/mol. The van der Waals surface area contributed by atoms with E-state index >= 15 is 0 Å². The molecule has 1 heterocycles. The van der Waals surface area contributed by atoms with E-state index in [2.05, 4.69) is 145 Å². The highest BCUT2D eigenvalue weighted by Gasteiger charge is 2.47. The van der Waals surface area contributed by atoms with Gasteiger partial charge in [-0.05, 0) is 38.4 Å². The summed E-state index contributed by atoms with van der Waals surface area (Å²) in [5, 5.41) is 7.66. The molecule has 0 unspecified atom stereocenters. The second-order valence-electron chi connectivity index (χ2n) is 10.4. The molecule has 0 spiro atoms. The second kappa shape index (κ2) is 8.76. The molecule has 7 rings (SSSR count). The van der Waals surface area contributed by atoms with E-state index in [9.17, 15) is 0 Å². The first kappa shape index (κ1) is 22.1. The summed E-state index contributed by atoms with van der Waals surface area (Å²) in [6.07, 6.45) is 2.05. The molecule has 0 atom stereocenters. The zero-order valence-electron chi connectivity index (χ0n) is 21.1. The summed E-state index contributed by atoms with van der Waals surface area (Å²) in [4.78, 5) is 0. The van der Waals surface area contributed by atoms with Crippen LogP contribution in [0.25, 0.3) is 37.8 Å². The van der Waals surface area contributed by atoms with Crippen molar-refractivity contribution in [1.29, 1.82) is 0 Å². The van der Waals surface area contributed by atoms with Gasteiger partial charge in [-0.25, -0.2) is 0 Å². The van der Waals surface area contributed by atoms with Crippen molar-refractivity contribution in [3.05, 3.63) is 139 Å². The van der Waals surface area contributed by atoms with E-state index in [0.717, 1.165) is 13.0 Å². The van der Waals surface area contributed by atoms with Gasteiger partial charge in [0, 0.05) is 6.42 Å². The van der Waals surface area contributed by atoms with Crippen molar-refractivity contribution < 1.29 is 4.28 Å². The first-order chi connectivity index (χ1) is 18.2. The number of rotatable bonds is 3. The van der Waals surface area contributed by atoms with Crippen LogP contribution in [0.15, 0.2) is 133 Å². The summed E-state index contributed by atoms with van der Waals surface area (Å²) in [5.74, 6) is 0. The van der Waals surface area contributed by atoms with Crippen molar-refractivity contribution in [2.45, 2.75) is 6.42 Å². The van der Waals surface area contributed by atoms with Gasteiger partial charge in [0.25, 0.3) is 0 Å². The maximum atomic E-state index is 3.68. The van der Waals surface area contributed by atoms with Crippen LogP contribution in [0.3, 0.4) is 0 Å². The third-order valence-corrected chi connectivity index (χ3v) is 8.41. The summed E-state index contributed by atoms with van der Waals surface area (Å²) in [5.41, 5.74) is 5.34. The molecule has 1 aliphatic heterocycles. The molecule has 37 heavy (non-hydrogen) atoms. The van der Waals surface area contributed by atoms with Gasteiger partial charge in [-0.3, -0.25) is 0 Å². The fraction of sp³-hybridized carbons (Fsp3) is 0.0857. The fourth-order valence-electron chi connectivity index (χ4n) is 6.62. The molecule has 0 saturated carbocycles. The van der Waals surface area contributed by atoms with Gasteiger partial charge in [0.2, 0.25) is 0 Å². The number of benzene rings is 6. The summed E-state index contributed by atoms with van der Waals surface area (Å²) >= 11 is 0. The van der Waals surface area contributed by atoms with Crippen molar-refractivity contribution >= 4 is 55.1 Å². The Balaban J connectivity index is 1.55. The van der Waals surface area contributed by atoms with Crippen LogP contribution in [0.2, 0.25) is 0 Å². The third-order valence-electron chi connectivity index (χ3n) is 8.41. The summed E-state index contributed by atoms with van der Waals surface area (Å²) < 4.78 is 3.68. The van der Waals surface area contributed by atoms with E-state index in [1.165, 1.54) is 54.3 Å². The van der Waals surface area contributed by atoms with Crippen LogP contribution >= 0.6 is 0 Å². The van der Waals surface area contributed by atoms with Gasteiger partial charge in [0.15, 0.2) is 0 Å². The topological polar surface area (TPSA) is 2.70 Å². The monoisotopic (exact) mass is 476 g/mol. The Morgan fingerprint density at radius 2 is 0.973 bits per heavy atom. The van der Waals surface area contributed by atoms with Crippen LogP contribution in [0.1, 0.15) is 12.0 Å².